The third-order valence-electron chi connectivity index (χ3n) is 2.16. The van der Waals surface area contributed by atoms with Crippen molar-refractivity contribution < 1.29 is 19.2 Å². The van der Waals surface area contributed by atoms with Crippen LogP contribution in [-0.4, -0.2) is 0 Å². The van der Waals surface area contributed by atoms with Crippen molar-refractivity contribution in [3.63, 3.8) is 0 Å². The molecule has 0 saturated carbocycles. The zero-order valence-corrected chi connectivity index (χ0v) is 12.9. The van der Waals surface area contributed by atoms with Gasteiger partial charge in [0, 0.05) is 0 Å². The molecule has 0 nitrogen and oxygen atoms in total. The maximum absolute atomic E-state index is 2.28. The summed E-state index contributed by atoms with van der Waals surface area (Å²) in [5, 5.41) is 0. The topological polar surface area (TPSA) is 0 Å². The Labute approximate surface area is 117 Å². The van der Waals surface area contributed by atoms with E-state index in [0.717, 1.165) is 12.8 Å². The Morgan fingerprint density at radius 1 is 0.706 bits per heavy atom. The Morgan fingerprint density at radius 2 is 1.06 bits per heavy atom. The number of hydrogen-bond acceptors (Lipinski definition) is 0. The molecular weight excluding hydrogens is 240 g/mol. The first-order valence-electron chi connectivity index (χ1n) is 6.75. The molecule has 0 saturated heterocycles. The van der Waals surface area contributed by atoms with Gasteiger partial charge in [0.1, 0.15) is 0 Å². The Bertz CT molecular complexity index is 200. The van der Waals surface area contributed by atoms with Crippen LogP contribution in [0.2, 0.25) is 9.45 Å². The minimum absolute atomic E-state index is 0.514. The Hall–Kier alpha value is -0.326. The Balaban J connectivity index is 0.000000229. The Kier molecular flexibility index (Phi) is 15.4. The molecule has 0 bridgehead atoms. The van der Waals surface area contributed by atoms with Gasteiger partial charge in [-0.3, -0.25) is 0 Å². The first-order valence-corrected chi connectivity index (χ1v) is 8.96. The molecule has 0 amide bonds. The summed E-state index contributed by atoms with van der Waals surface area (Å²) in [6.45, 7) is 4.55. The number of hydrogen-bond donors (Lipinski definition) is 0. The number of allylic oxidation sites excluding steroid dienone is 8. The van der Waals surface area contributed by atoms with E-state index in [1.807, 2.05) is 0 Å². The molecule has 0 spiro atoms. The van der Waals surface area contributed by atoms with E-state index >= 15 is 0 Å². The standard InChI is InChI=1S/2C5H6.2C3H7.Ti/c2*1-2-4-5-3-1;2*1-3-2;/h2*1-4H,5H2;2*1,3H2,2H3;. The van der Waals surface area contributed by atoms with Crippen LogP contribution in [0.15, 0.2) is 48.6 Å². The fourth-order valence-corrected chi connectivity index (χ4v) is 2.76. The van der Waals surface area contributed by atoms with E-state index in [1.54, 1.807) is 9.45 Å². The molecular formula is C16H26Ti. The molecule has 0 N–H and O–H groups in total. The van der Waals surface area contributed by atoms with Gasteiger partial charge < -0.3 is 0 Å². The van der Waals surface area contributed by atoms with Crippen LogP contribution < -0.4 is 0 Å². The molecule has 2 aliphatic carbocycles. The van der Waals surface area contributed by atoms with E-state index in [4.69, 9.17) is 0 Å². The molecule has 0 aliphatic heterocycles. The van der Waals surface area contributed by atoms with Crippen molar-refractivity contribution in [3.05, 3.63) is 48.6 Å². The number of rotatable bonds is 4. The zero-order valence-electron chi connectivity index (χ0n) is 11.4. The van der Waals surface area contributed by atoms with Gasteiger partial charge >= 0.3 is 55.3 Å². The van der Waals surface area contributed by atoms with Crippen LogP contribution in [0.25, 0.3) is 0 Å². The molecule has 0 aromatic rings. The van der Waals surface area contributed by atoms with Gasteiger partial charge in [0.15, 0.2) is 0 Å². The average molecular weight is 266 g/mol. The molecule has 0 radical (unpaired) electrons. The average Bonchev–Trinajstić information content (AvgIpc) is 3.08. The summed E-state index contributed by atoms with van der Waals surface area (Å²) in [4.78, 5) is 0. The Morgan fingerprint density at radius 3 is 1.24 bits per heavy atom. The normalized spacial score (nSPS) is 14.0. The maximum atomic E-state index is 2.28. The molecule has 0 aromatic carbocycles. The van der Waals surface area contributed by atoms with Crippen molar-refractivity contribution >= 4 is 0 Å². The second-order valence-corrected chi connectivity index (χ2v) is 6.28. The van der Waals surface area contributed by atoms with Crippen LogP contribution in [0.4, 0.5) is 0 Å². The third-order valence-corrected chi connectivity index (χ3v) is 4.83. The van der Waals surface area contributed by atoms with Gasteiger partial charge in [0.25, 0.3) is 0 Å². The molecule has 1 heteroatoms. The molecule has 94 valence electrons. The van der Waals surface area contributed by atoms with Crippen molar-refractivity contribution in [3.8, 4) is 0 Å². The van der Waals surface area contributed by atoms with Crippen molar-refractivity contribution in [2.24, 2.45) is 0 Å². The van der Waals surface area contributed by atoms with Gasteiger partial charge in [0.05, 0.1) is 0 Å². The SMILES string of the molecule is C1=CCC=C1.C1=CCC=C1.CC[CH2][Ti][CH2]CC. The van der Waals surface area contributed by atoms with Crippen LogP contribution in [-0.2, 0) is 19.2 Å². The molecule has 17 heavy (non-hydrogen) atoms. The quantitative estimate of drug-likeness (QED) is 0.450. The summed E-state index contributed by atoms with van der Waals surface area (Å²) in [6.07, 6.45) is 21.8. The van der Waals surface area contributed by atoms with Crippen molar-refractivity contribution in [1.29, 1.82) is 0 Å². The first kappa shape index (κ1) is 16.7. The van der Waals surface area contributed by atoms with Crippen molar-refractivity contribution in [1.82, 2.24) is 0 Å². The summed E-state index contributed by atoms with van der Waals surface area (Å²) in [6, 6.07) is 0. The fraction of sp³-hybridized carbons (Fsp3) is 0.500. The molecule has 2 aliphatic rings. The summed E-state index contributed by atoms with van der Waals surface area (Å²) in [5.41, 5.74) is 0. The van der Waals surface area contributed by atoms with Gasteiger partial charge in [-0.05, 0) is 12.8 Å². The first-order chi connectivity index (χ1) is 8.41. The van der Waals surface area contributed by atoms with Gasteiger partial charge in [-0.25, -0.2) is 0 Å². The summed E-state index contributed by atoms with van der Waals surface area (Å²) in [5.74, 6) is 0. The predicted molar refractivity (Wildman–Crippen MR) is 76.0 cm³/mol. The van der Waals surface area contributed by atoms with Crippen LogP contribution in [0, 0.1) is 0 Å². The van der Waals surface area contributed by atoms with E-state index in [-0.39, 0.29) is 0 Å². The zero-order chi connectivity index (χ0) is 12.6. The van der Waals surface area contributed by atoms with Crippen LogP contribution >= 0.6 is 0 Å². The molecule has 0 heterocycles. The van der Waals surface area contributed by atoms with Gasteiger partial charge in [-0.1, -0.05) is 48.6 Å². The molecule has 0 atom stereocenters. The summed E-state index contributed by atoms with van der Waals surface area (Å²) >= 11 is 0.514. The van der Waals surface area contributed by atoms with E-state index in [9.17, 15) is 0 Å². The van der Waals surface area contributed by atoms with E-state index in [2.05, 4.69) is 62.5 Å². The monoisotopic (exact) mass is 266 g/mol. The minimum atomic E-state index is 0.514. The van der Waals surface area contributed by atoms with Crippen molar-refractivity contribution in [2.45, 2.75) is 49.0 Å². The van der Waals surface area contributed by atoms with Crippen LogP contribution in [0.5, 0.6) is 0 Å². The van der Waals surface area contributed by atoms with E-state index < -0.39 is 0 Å². The van der Waals surface area contributed by atoms with Gasteiger partial charge in [-0.2, -0.15) is 0 Å². The second kappa shape index (κ2) is 15.7. The van der Waals surface area contributed by atoms with Gasteiger partial charge in [0.2, 0.25) is 0 Å². The van der Waals surface area contributed by atoms with Gasteiger partial charge in [-0.15, -0.1) is 0 Å². The summed E-state index contributed by atoms with van der Waals surface area (Å²) in [7, 11) is 0. The van der Waals surface area contributed by atoms with E-state index in [0.29, 0.717) is 19.2 Å². The second-order valence-electron chi connectivity index (χ2n) is 3.93. The third kappa shape index (κ3) is 15.7. The molecule has 2 rings (SSSR count). The molecule has 0 unspecified atom stereocenters. The fourth-order valence-electron chi connectivity index (χ4n) is 1.26. The van der Waals surface area contributed by atoms with Crippen LogP contribution in [0.1, 0.15) is 39.5 Å². The molecule has 0 fully saturated rings. The predicted octanol–water partition coefficient (Wildman–Crippen LogP) is 5.73. The van der Waals surface area contributed by atoms with E-state index in [1.165, 1.54) is 12.8 Å². The molecule has 0 aromatic heterocycles. The summed E-state index contributed by atoms with van der Waals surface area (Å²) < 4.78 is 3.10. The van der Waals surface area contributed by atoms with Crippen molar-refractivity contribution in [2.75, 3.05) is 0 Å². The van der Waals surface area contributed by atoms with Crippen LogP contribution in [0.3, 0.4) is 0 Å².